The topological polar surface area (TPSA) is 52.1 Å². The maximum absolute atomic E-state index is 5.93. The summed E-state index contributed by atoms with van der Waals surface area (Å²) >= 11 is 0. The molecule has 2 unspecified atom stereocenters. The van der Waals surface area contributed by atoms with Gasteiger partial charge in [0.2, 0.25) is 0 Å². The molecule has 0 aromatic carbocycles. The zero-order valence-corrected chi connectivity index (χ0v) is 21.6. The first-order valence-corrected chi connectivity index (χ1v) is 11.6. The summed E-state index contributed by atoms with van der Waals surface area (Å²) in [5.41, 5.74) is 0. The molecule has 0 aromatic rings. The Labute approximate surface area is 196 Å². The number of halogens is 1. The van der Waals surface area contributed by atoms with Crippen LogP contribution in [0, 0.1) is 11.8 Å². The van der Waals surface area contributed by atoms with E-state index in [4.69, 9.17) is 9.73 Å². The second kappa shape index (κ2) is 15.6. The second-order valence-electron chi connectivity index (χ2n) is 9.05. The Morgan fingerprint density at radius 3 is 2.69 bits per heavy atom. The molecule has 0 bridgehead atoms. The van der Waals surface area contributed by atoms with Gasteiger partial charge in [0, 0.05) is 39.3 Å². The van der Waals surface area contributed by atoms with Gasteiger partial charge in [-0.1, -0.05) is 20.8 Å². The van der Waals surface area contributed by atoms with Gasteiger partial charge < -0.3 is 20.3 Å². The number of hydrogen-bond donors (Lipinski definition) is 2. The molecule has 2 fully saturated rings. The van der Waals surface area contributed by atoms with Crippen LogP contribution in [0.3, 0.4) is 0 Å². The molecule has 2 aliphatic heterocycles. The lowest BCUT2D eigenvalue weighted by Crippen LogP contribution is -2.46. The fourth-order valence-electron chi connectivity index (χ4n) is 4.26. The van der Waals surface area contributed by atoms with Crippen LogP contribution in [0.1, 0.15) is 53.4 Å². The van der Waals surface area contributed by atoms with Crippen molar-refractivity contribution in [2.24, 2.45) is 16.8 Å². The molecule has 2 N–H and O–H groups in total. The fourth-order valence-corrected chi connectivity index (χ4v) is 4.26. The summed E-state index contributed by atoms with van der Waals surface area (Å²) in [5.74, 6) is 2.51. The van der Waals surface area contributed by atoms with Crippen molar-refractivity contribution in [2.75, 3.05) is 65.5 Å². The highest BCUT2D eigenvalue weighted by Crippen LogP contribution is 2.15. The van der Waals surface area contributed by atoms with Crippen molar-refractivity contribution in [3.63, 3.8) is 0 Å². The van der Waals surface area contributed by atoms with Crippen molar-refractivity contribution in [3.05, 3.63) is 0 Å². The first-order valence-electron chi connectivity index (χ1n) is 11.6. The van der Waals surface area contributed by atoms with Crippen LogP contribution in [0.4, 0.5) is 0 Å². The van der Waals surface area contributed by atoms with Crippen LogP contribution in [-0.2, 0) is 4.74 Å². The van der Waals surface area contributed by atoms with Gasteiger partial charge in [-0.25, -0.2) is 0 Å². The average molecular weight is 524 g/mol. The minimum Gasteiger partial charge on any atom is -0.374 e. The number of nitrogens with zero attached hydrogens (tertiary/aromatic N) is 3. The minimum absolute atomic E-state index is 0. The average Bonchev–Trinajstić information content (AvgIpc) is 2.65. The van der Waals surface area contributed by atoms with Crippen molar-refractivity contribution in [2.45, 2.75) is 59.5 Å². The number of nitrogens with one attached hydrogen (secondary N) is 2. The number of morpholine rings is 1. The molecule has 0 aromatic heterocycles. The van der Waals surface area contributed by atoms with E-state index in [-0.39, 0.29) is 30.1 Å². The molecule has 29 heavy (non-hydrogen) atoms. The predicted molar refractivity (Wildman–Crippen MR) is 134 cm³/mol. The maximum atomic E-state index is 5.93. The standard InChI is InChI=1S/C22H45N5O.HI/c1-5-23-22(24-10-6-7-11-26-12-8-9-20(4)17-26)25-15-21-18-27(13-14-28-21)16-19(2)3;/h19-21H,5-18H2,1-4H3,(H2,23,24,25);1H. The van der Waals surface area contributed by atoms with Crippen LogP contribution in [0.2, 0.25) is 0 Å². The first kappa shape index (κ1) is 26.9. The quantitative estimate of drug-likeness (QED) is 0.200. The van der Waals surface area contributed by atoms with E-state index in [9.17, 15) is 0 Å². The number of hydrogen-bond acceptors (Lipinski definition) is 4. The van der Waals surface area contributed by atoms with Crippen LogP contribution in [0.25, 0.3) is 0 Å². The SMILES string of the molecule is CCNC(=NCC1CN(CC(C)C)CCO1)NCCCCN1CCCC(C)C1.I. The van der Waals surface area contributed by atoms with Crippen molar-refractivity contribution < 1.29 is 4.74 Å². The number of guanidine groups is 1. The molecular weight excluding hydrogens is 477 g/mol. The van der Waals surface area contributed by atoms with Gasteiger partial charge in [-0.15, -0.1) is 24.0 Å². The van der Waals surface area contributed by atoms with Gasteiger partial charge in [-0.05, 0) is 57.5 Å². The summed E-state index contributed by atoms with van der Waals surface area (Å²) in [6.07, 6.45) is 5.44. The third kappa shape index (κ3) is 11.7. The van der Waals surface area contributed by atoms with Crippen LogP contribution in [0.5, 0.6) is 0 Å². The molecule has 6 nitrogen and oxygen atoms in total. The lowest BCUT2D eigenvalue weighted by atomic mass is 10.0. The number of unbranched alkanes of at least 4 members (excludes halogenated alkanes) is 1. The van der Waals surface area contributed by atoms with Gasteiger partial charge in [-0.3, -0.25) is 9.89 Å². The Morgan fingerprint density at radius 2 is 1.97 bits per heavy atom. The molecular formula is C22H46IN5O. The van der Waals surface area contributed by atoms with E-state index in [2.05, 4.69) is 48.1 Å². The van der Waals surface area contributed by atoms with Crippen molar-refractivity contribution in [1.82, 2.24) is 20.4 Å². The number of likely N-dealkylation sites (tertiary alicyclic amines) is 1. The first-order chi connectivity index (χ1) is 13.6. The summed E-state index contributed by atoms with van der Waals surface area (Å²) in [6, 6.07) is 0. The summed E-state index contributed by atoms with van der Waals surface area (Å²) in [6.45, 7) is 19.5. The Morgan fingerprint density at radius 1 is 1.14 bits per heavy atom. The van der Waals surface area contributed by atoms with Crippen LogP contribution >= 0.6 is 24.0 Å². The minimum atomic E-state index is 0. The Balaban J connectivity index is 0.00000420. The van der Waals surface area contributed by atoms with Crippen LogP contribution < -0.4 is 10.6 Å². The van der Waals surface area contributed by atoms with E-state index < -0.39 is 0 Å². The van der Waals surface area contributed by atoms with Gasteiger partial charge in [0.1, 0.15) is 0 Å². The summed E-state index contributed by atoms with van der Waals surface area (Å²) in [4.78, 5) is 9.93. The van der Waals surface area contributed by atoms with E-state index in [1.54, 1.807) is 0 Å². The molecule has 2 atom stereocenters. The maximum Gasteiger partial charge on any atom is 0.191 e. The summed E-state index contributed by atoms with van der Waals surface area (Å²) in [7, 11) is 0. The number of piperidine rings is 1. The fraction of sp³-hybridized carbons (Fsp3) is 0.955. The highest BCUT2D eigenvalue weighted by Gasteiger charge is 2.20. The Hall–Kier alpha value is -0.120. The van der Waals surface area contributed by atoms with E-state index in [0.29, 0.717) is 5.92 Å². The highest BCUT2D eigenvalue weighted by molar-refractivity contribution is 14.0. The summed E-state index contributed by atoms with van der Waals surface area (Å²) in [5, 5.41) is 6.87. The molecule has 2 rings (SSSR count). The second-order valence-corrected chi connectivity index (χ2v) is 9.05. The third-order valence-corrected chi connectivity index (χ3v) is 5.58. The van der Waals surface area contributed by atoms with Crippen molar-refractivity contribution in [3.8, 4) is 0 Å². The molecule has 0 spiro atoms. The molecule has 0 aliphatic carbocycles. The van der Waals surface area contributed by atoms with Gasteiger partial charge in [0.05, 0.1) is 19.3 Å². The van der Waals surface area contributed by atoms with Crippen LogP contribution in [0.15, 0.2) is 4.99 Å². The largest absolute Gasteiger partial charge is 0.374 e. The molecule has 0 amide bonds. The molecule has 0 radical (unpaired) electrons. The smallest absolute Gasteiger partial charge is 0.191 e. The van der Waals surface area contributed by atoms with E-state index in [0.717, 1.165) is 57.8 Å². The highest BCUT2D eigenvalue weighted by atomic mass is 127. The molecule has 2 aliphatic rings. The number of ether oxygens (including phenoxy) is 1. The van der Waals surface area contributed by atoms with Gasteiger partial charge in [-0.2, -0.15) is 0 Å². The van der Waals surface area contributed by atoms with E-state index in [1.165, 1.54) is 45.3 Å². The summed E-state index contributed by atoms with van der Waals surface area (Å²) < 4.78 is 5.93. The number of aliphatic imine (C=N–C) groups is 1. The Kier molecular flexibility index (Phi) is 14.5. The van der Waals surface area contributed by atoms with Crippen molar-refractivity contribution in [1.29, 1.82) is 0 Å². The number of rotatable bonds is 10. The molecule has 2 heterocycles. The zero-order chi connectivity index (χ0) is 20.2. The van der Waals surface area contributed by atoms with Gasteiger partial charge >= 0.3 is 0 Å². The van der Waals surface area contributed by atoms with Gasteiger partial charge in [0.15, 0.2) is 5.96 Å². The monoisotopic (exact) mass is 523 g/mol. The Bertz CT molecular complexity index is 449. The predicted octanol–water partition coefficient (Wildman–Crippen LogP) is 3.03. The third-order valence-electron chi connectivity index (χ3n) is 5.58. The molecule has 7 heteroatoms. The molecule has 172 valence electrons. The zero-order valence-electron chi connectivity index (χ0n) is 19.3. The molecule has 2 saturated heterocycles. The molecule has 0 saturated carbocycles. The van der Waals surface area contributed by atoms with Crippen LogP contribution in [-0.4, -0.2) is 87.4 Å². The van der Waals surface area contributed by atoms with Gasteiger partial charge in [0.25, 0.3) is 0 Å². The van der Waals surface area contributed by atoms with Crippen molar-refractivity contribution >= 4 is 29.9 Å². The van der Waals surface area contributed by atoms with E-state index >= 15 is 0 Å². The lowest BCUT2D eigenvalue weighted by molar-refractivity contribution is -0.0261. The van der Waals surface area contributed by atoms with E-state index in [1.807, 2.05) is 0 Å². The normalized spacial score (nSPS) is 24.4. The lowest BCUT2D eigenvalue weighted by Gasteiger charge is -2.33.